The Morgan fingerprint density at radius 2 is 1.61 bits per heavy atom. The molecule has 320 valence electrons. The number of alkyl carbamates (subject to hydrolysis) is 1. The van der Waals surface area contributed by atoms with Gasteiger partial charge in [0, 0.05) is 25.2 Å². The Morgan fingerprint density at radius 3 is 2.17 bits per heavy atom. The van der Waals surface area contributed by atoms with Gasteiger partial charge in [-0.25, -0.2) is 18.8 Å². The van der Waals surface area contributed by atoms with E-state index in [0.717, 1.165) is 6.92 Å². The molecule has 59 heavy (non-hydrogen) atoms. The van der Waals surface area contributed by atoms with Gasteiger partial charge >= 0.3 is 24.0 Å². The van der Waals surface area contributed by atoms with Crippen LogP contribution in [0.2, 0.25) is 0 Å². The highest BCUT2D eigenvalue weighted by atomic mass is 19.1. The topological polar surface area (TPSA) is 224 Å². The van der Waals surface area contributed by atoms with Crippen molar-refractivity contribution in [3.63, 3.8) is 0 Å². The average Bonchev–Trinajstić information content (AvgIpc) is 3.18. The van der Waals surface area contributed by atoms with Crippen molar-refractivity contribution in [1.29, 1.82) is 0 Å². The number of amides is 1. The summed E-state index contributed by atoms with van der Waals surface area (Å²) in [6.45, 7) is 8.34. The SMILES string of the molecule is CC(=O)O[C@@]12CO[C@@H]1C[C@H](O)[C@@]1(C)C(=O)[C@H](O)C3=C(C)[C@@H](OC(=O)[C@H](O)[C@@H](NC(=O)OC(C)(C)CF)c4ccccc4)C[C@@](O)([C@@H](OC(=O)c4ccccc4)[C@H]21)C3(C)C. The fourth-order valence-electron chi connectivity index (χ4n) is 9.56. The fourth-order valence-corrected chi connectivity index (χ4v) is 9.56. The predicted molar refractivity (Wildman–Crippen MR) is 204 cm³/mol. The molecular formula is C43H52FNO14. The minimum absolute atomic E-state index is 0.0603. The third-order valence-corrected chi connectivity index (χ3v) is 12.9. The van der Waals surface area contributed by atoms with Crippen molar-refractivity contribution in [3.8, 4) is 0 Å². The molecule has 0 spiro atoms. The molecule has 3 aliphatic carbocycles. The van der Waals surface area contributed by atoms with Crippen LogP contribution >= 0.6 is 0 Å². The van der Waals surface area contributed by atoms with Gasteiger partial charge in [0.15, 0.2) is 17.5 Å². The van der Waals surface area contributed by atoms with E-state index in [2.05, 4.69) is 5.32 Å². The van der Waals surface area contributed by atoms with Gasteiger partial charge in [0.05, 0.1) is 35.6 Å². The lowest BCUT2D eigenvalue weighted by Gasteiger charge is -2.67. The number of hydrogen-bond donors (Lipinski definition) is 5. The van der Waals surface area contributed by atoms with Gasteiger partial charge in [0.25, 0.3) is 0 Å². The zero-order valence-electron chi connectivity index (χ0n) is 34.0. The second-order valence-corrected chi connectivity index (χ2v) is 17.4. The van der Waals surface area contributed by atoms with E-state index < -0.39 is 119 Å². The number of nitrogens with one attached hydrogen (secondary N) is 1. The number of carbonyl (C=O) groups excluding carboxylic acids is 5. The first kappa shape index (κ1) is 43.8. The van der Waals surface area contributed by atoms with Gasteiger partial charge in [0.1, 0.15) is 42.3 Å². The van der Waals surface area contributed by atoms with Gasteiger partial charge in [-0.05, 0) is 56.5 Å². The average molecular weight is 826 g/mol. The maximum Gasteiger partial charge on any atom is 0.408 e. The Bertz CT molecular complexity index is 2010. The van der Waals surface area contributed by atoms with E-state index in [0.29, 0.717) is 0 Å². The quantitative estimate of drug-likeness (QED) is 0.132. The predicted octanol–water partition coefficient (Wildman–Crippen LogP) is 3.21. The van der Waals surface area contributed by atoms with Crippen LogP contribution in [-0.2, 0) is 38.1 Å². The second-order valence-electron chi connectivity index (χ2n) is 17.4. The fraction of sp³-hybridized carbons (Fsp3) is 0.558. The highest BCUT2D eigenvalue weighted by molar-refractivity contribution is 5.94. The summed E-state index contributed by atoms with van der Waals surface area (Å²) >= 11 is 0. The summed E-state index contributed by atoms with van der Waals surface area (Å²) in [5.41, 5.74) is -9.06. The van der Waals surface area contributed by atoms with Gasteiger partial charge in [-0.15, -0.1) is 0 Å². The maximum atomic E-state index is 14.9. The first-order valence-corrected chi connectivity index (χ1v) is 19.5. The minimum atomic E-state index is -2.39. The number of ether oxygens (including phenoxy) is 5. The number of carbonyl (C=O) groups is 5. The van der Waals surface area contributed by atoms with Gasteiger partial charge in [-0.3, -0.25) is 9.59 Å². The molecule has 2 saturated carbocycles. The van der Waals surface area contributed by atoms with E-state index in [1.165, 1.54) is 65.8 Å². The largest absolute Gasteiger partial charge is 0.456 e. The van der Waals surface area contributed by atoms with E-state index in [4.69, 9.17) is 23.7 Å². The number of rotatable bonds is 10. The molecule has 1 heterocycles. The summed E-state index contributed by atoms with van der Waals surface area (Å²) in [6.07, 6.45) is -12.0. The van der Waals surface area contributed by atoms with Crippen LogP contribution in [0, 0.1) is 16.7 Å². The van der Waals surface area contributed by atoms with Crippen molar-refractivity contribution in [2.45, 2.75) is 121 Å². The van der Waals surface area contributed by atoms with Crippen molar-refractivity contribution >= 4 is 29.8 Å². The molecular weight excluding hydrogens is 773 g/mol. The van der Waals surface area contributed by atoms with Crippen LogP contribution in [0.3, 0.4) is 0 Å². The van der Waals surface area contributed by atoms with E-state index >= 15 is 0 Å². The number of Topliss-reactive ketones (excluding diaryl/α,β-unsaturated/α-hetero) is 1. The molecule has 0 aromatic heterocycles. The second kappa shape index (κ2) is 15.7. The highest BCUT2D eigenvalue weighted by Crippen LogP contribution is 2.64. The molecule has 1 saturated heterocycles. The van der Waals surface area contributed by atoms with Crippen molar-refractivity contribution in [3.05, 3.63) is 82.9 Å². The zero-order valence-corrected chi connectivity index (χ0v) is 34.0. The Labute approximate surface area is 340 Å². The van der Waals surface area contributed by atoms with Crippen molar-refractivity contribution < 1.29 is 72.5 Å². The lowest BCUT2D eigenvalue weighted by atomic mass is 9.44. The number of ketones is 1. The number of halogens is 1. The molecule has 1 amide bonds. The van der Waals surface area contributed by atoms with Crippen LogP contribution in [0.15, 0.2) is 71.8 Å². The van der Waals surface area contributed by atoms with E-state index in [1.807, 2.05) is 0 Å². The first-order chi connectivity index (χ1) is 27.6. The molecule has 2 aromatic carbocycles. The van der Waals surface area contributed by atoms with Gasteiger partial charge in [-0.1, -0.05) is 62.4 Å². The van der Waals surface area contributed by atoms with Crippen molar-refractivity contribution in [2.24, 2.45) is 16.7 Å². The molecule has 0 radical (unpaired) electrons. The van der Waals surface area contributed by atoms with Gasteiger partial charge in [-0.2, -0.15) is 0 Å². The highest BCUT2D eigenvalue weighted by Gasteiger charge is 2.78. The Morgan fingerprint density at radius 1 is 1.00 bits per heavy atom. The third-order valence-electron chi connectivity index (χ3n) is 12.9. The number of aliphatic hydroxyl groups is 4. The van der Waals surface area contributed by atoms with Crippen LogP contribution in [0.5, 0.6) is 0 Å². The minimum Gasteiger partial charge on any atom is -0.456 e. The van der Waals surface area contributed by atoms with Crippen molar-refractivity contribution in [2.75, 3.05) is 13.3 Å². The van der Waals surface area contributed by atoms with Crippen molar-refractivity contribution in [1.82, 2.24) is 5.32 Å². The summed E-state index contributed by atoms with van der Waals surface area (Å²) in [5.74, 6) is -5.53. The van der Waals surface area contributed by atoms with E-state index in [-0.39, 0.29) is 35.3 Å². The molecule has 4 aliphatic rings. The lowest BCUT2D eigenvalue weighted by molar-refractivity contribution is -0.346. The molecule has 2 aromatic rings. The Kier molecular flexibility index (Phi) is 11.7. The normalized spacial score (nSPS) is 33.3. The molecule has 11 atom stereocenters. The molecule has 2 bridgehead atoms. The van der Waals surface area contributed by atoms with Crippen LogP contribution < -0.4 is 5.32 Å². The maximum absolute atomic E-state index is 14.9. The van der Waals surface area contributed by atoms with E-state index in [9.17, 15) is 48.8 Å². The standard InChI is InChI=1S/C43H52FNO14/c1-22-26(56-37(52)32(49)30(24-14-10-8-11-15-24)45-38(53)59-39(3,4)20-44)19-43(54)35(57-36(51)25-16-12-9-13-17-25)33-41(7,34(50)31(48)29(22)40(43,5)6)27(47)18-28-42(33,21-55-28)58-23(2)46/h8-17,26-28,30-33,35,47-49,54H,18-21H2,1-7H3,(H,45,53)/t26-,27-,28+,30-,31+,32+,33-,35-,41+,42-,43+/m0/s1. The summed E-state index contributed by atoms with van der Waals surface area (Å²) in [4.78, 5) is 68.9. The summed E-state index contributed by atoms with van der Waals surface area (Å²) in [6, 6.07) is 14.1. The molecule has 3 fully saturated rings. The Balaban J connectivity index is 1.48. The lowest BCUT2D eigenvalue weighted by Crippen LogP contribution is -2.81. The number of alkyl halides is 1. The summed E-state index contributed by atoms with van der Waals surface area (Å²) in [7, 11) is 0. The smallest absolute Gasteiger partial charge is 0.408 e. The van der Waals surface area contributed by atoms with Crippen LogP contribution in [0.1, 0.15) is 83.3 Å². The molecule has 16 heteroatoms. The number of esters is 3. The molecule has 1 aliphatic heterocycles. The van der Waals surface area contributed by atoms with Crippen LogP contribution in [0.25, 0.3) is 0 Å². The van der Waals surface area contributed by atoms with Gasteiger partial charge in [0.2, 0.25) is 0 Å². The number of fused-ring (bicyclic) bond motifs is 5. The van der Waals surface area contributed by atoms with Crippen LogP contribution in [-0.4, -0.2) is 117 Å². The number of hydrogen-bond acceptors (Lipinski definition) is 14. The third kappa shape index (κ3) is 7.32. The van der Waals surface area contributed by atoms with E-state index in [1.54, 1.807) is 36.4 Å². The summed E-state index contributed by atoms with van der Waals surface area (Å²) < 4.78 is 42.7. The van der Waals surface area contributed by atoms with Gasteiger partial charge < -0.3 is 49.4 Å². The van der Waals surface area contributed by atoms with Crippen LogP contribution in [0.4, 0.5) is 9.18 Å². The molecule has 0 unspecified atom stereocenters. The molecule has 6 rings (SSSR count). The zero-order chi connectivity index (χ0) is 43.5. The first-order valence-electron chi connectivity index (χ1n) is 19.5. The number of aliphatic hydroxyl groups excluding tert-OH is 3. The Hall–Kier alpha value is -4.74. The molecule has 15 nitrogen and oxygen atoms in total. The monoisotopic (exact) mass is 825 g/mol. The number of benzene rings is 2. The molecule has 5 N–H and O–H groups in total. The summed E-state index contributed by atoms with van der Waals surface area (Å²) in [5, 5.41) is 51.4.